The molecule has 1 aliphatic rings. The van der Waals surface area contributed by atoms with Gasteiger partial charge in [0.1, 0.15) is 0 Å². The van der Waals surface area contributed by atoms with Gasteiger partial charge in [0, 0.05) is 30.9 Å². The number of aryl methyl sites for hydroxylation is 2. The summed E-state index contributed by atoms with van der Waals surface area (Å²) in [6.07, 6.45) is 2.29. The third kappa shape index (κ3) is 3.81. The van der Waals surface area contributed by atoms with Crippen LogP contribution in [-0.4, -0.2) is 40.8 Å². The van der Waals surface area contributed by atoms with Gasteiger partial charge in [0.15, 0.2) is 0 Å². The first-order valence-corrected chi connectivity index (χ1v) is 8.94. The second-order valence-corrected chi connectivity index (χ2v) is 6.83. The summed E-state index contributed by atoms with van der Waals surface area (Å²) in [7, 11) is 0. The molecule has 1 atom stereocenters. The molecule has 0 radical (unpaired) electrons. The first-order chi connectivity index (χ1) is 12.0. The molecule has 132 valence electrons. The highest BCUT2D eigenvalue weighted by Crippen LogP contribution is 2.21. The molecule has 0 unspecified atom stereocenters. The Kier molecular flexibility index (Phi) is 5.02. The van der Waals surface area contributed by atoms with Gasteiger partial charge in [-0.15, -0.1) is 0 Å². The minimum atomic E-state index is 0.00357. The monoisotopic (exact) mass is 339 g/mol. The van der Waals surface area contributed by atoms with Crippen LogP contribution < -0.4 is 5.32 Å². The van der Waals surface area contributed by atoms with Gasteiger partial charge in [-0.05, 0) is 44.9 Å². The summed E-state index contributed by atoms with van der Waals surface area (Å²) in [4.78, 5) is 31.1. The van der Waals surface area contributed by atoms with Crippen LogP contribution in [-0.2, 0) is 4.79 Å². The summed E-state index contributed by atoms with van der Waals surface area (Å²) in [5.41, 5.74) is 3.46. The second kappa shape index (κ2) is 7.21. The van der Waals surface area contributed by atoms with Crippen molar-refractivity contribution in [2.24, 2.45) is 0 Å². The number of hydrogen-bond donors (Lipinski definition) is 1. The molecule has 2 heterocycles. The molecule has 0 bridgehead atoms. The number of pyridine rings is 1. The zero-order valence-corrected chi connectivity index (χ0v) is 15.1. The van der Waals surface area contributed by atoms with Crippen LogP contribution in [0.1, 0.15) is 47.8 Å². The summed E-state index contributed by atoms with van der Waals surface area (Å²) in [6.45, 7) is 7.05. The summed E-state index contributed by atoms with van der Waals surface area (Å²) in [5.74, 6) is 0.0437. The highest BCUT2D eigenvalue weighted by Gasteiger charge is 2.26. The van der Waals surface area contributed by atoms with Crippen molar-refractivity contribution in [1.82, 2.24) is 15.2 Å². The number of rotatable bonds is 3. The standard InChI is InChI=1S/C20H25N3O2/c1-4-19(24)22-16-6-5-9-23(12-16)20(25)17-11-15-10-13(2)7-8-18(15)21-14(17)3/h7-8,10-11,16H,4-6,9,12H2,1-3H3,(H,22,24)/t16-/m1/s1. The van der Waals surface area contributed by atoms with E-state index in [1.807, 2.05) is 43.9 Å². The van der Waals surface area contributed by atoms with Crippen molar-refractivity contribution in [3.8, 4) is 0 Å². The Hall–Kier alpha value is -2.43. The molecule has 5 heteroatoms. The largest absolute Gasteiger partial charge is 0.352 e. The Bertz CT molecular complexity index is 816. The Morgan fingerprint density at radius 1 is 1.28 bits per heavy atom. The van der Waals surface area contributed by atoms with Gasteiger partial charge < -0.3 is 10.2 Å². The quantitative estimate of drug-likeness (QED) is 0.935. The van der Waals surface area contributed by atoms with Gasteiger partial charge in [-0.25, -0.2) is 0 Å². The number of nitrogens with one attached hydrogen (secondary N) is 1. The smallest absolute Gasteiger partial charge is 0.255 e. The molecule has 0 spiro atoms. The maximum atomic E-state index is 13.0. The highest BCUT2D eigenvalue weighted by molar-refractivity contribution is 5.98. The van der Waals surface area contributed by atoms with Gasteiger partial charge in [-0.1, -0.05) is 18.6 Å². The molecule has 1 fully saturated rings. The fourth-order valence-electron chi connectivity index (χ4n) is 3.39. The van der Waals surface area contributed by atoms with E-state index >= 15 is 0 Å². The van der Waals surface area contributed by atoms with Crippen molar-refractivity contribution >= 4 is 22.7 Å². The summed E-state index contributed by atoms with van der Waals surface area (Å²) in [6, 6.07) is 8.06. The van der Waals surface area contributed by atoms with Crippen molar-refractivity contribution in [3.63, 3.8) is 0 Å². The molecule has 5 nitrogen and oxygen atoms in total. The molecule has 2 aromatic rings. The number of hydrogen-bond acceptors (Lipinski definition) is 3. The molecule has 3 rings (SSSR count). The average molecular weight is 339 g/mol. The molecule has 25 heavy (non-hydrogen) atoms. The Morgan fingerprint density at radius 3 is 2.84 bits per heavy atom. The SMILES string of the molecule is CCC(=O)N[C@@H]1CCCN(C(=O)c2cc3cc(C)ccc3nc2C)C1. The van der Waals surface area contributed by atoms with E-state index in [1.165, 1.54) is 0 Å². The van der Waals surface area contributed by atoms with Crippen molar-refractivity contribution in [3.05, 3.63) is 41.1 Å². The minimum Gasteiger partial charge on any atom is -0.352 e. The molecular weight excluding hydrogens is 314 g/mol. The van der Waals surface area contributed by atoms with E-state index in [2.05, 4.69) is 16.4 Å². The third-order valence-electron chi connectivity index (χ3n) is 4.79. The van der Waals surface area contributed by atoms with Crippen LogP contribution in [0.3, 0.4) is 0 Å². The fourth-order valence-corrected chi connectivity index (χ4v) is 3.39. The number of carbonyl (C=O) groups excluding carboxylic acids is 2. The van der Waals surface area contributed by atoms with E-state index in [9.17, 15) is 9.59 Å². The second-order valence-electron chi connectivity index (χ2n) is 6.83. The lowest BCUT2D eigenvalue weighted by Gasteiger charge is -2.33. The van der Waals surface area contributed by atoms with Gasteiger partial charge in [-0.3, -0.25) is 14.6 Å². The third-order valence-corrected chi connectivity index (χ3v) is 4.79. The zero-order chi connectivity index (χ0) is 18.0. The molecule has 1 aromatic carbocycles. The van der Waals surface area contributed by atoms with Gasteiger partial charge >= 0.3 is 0 Å². The van der Waals surface area contributed by atoms with Crippen molar-refractivity contribution < 1.29 is 9.59 Å². The number of fused-ring (bicyclic) bond motifs is 1. The van der Waals surface area contributed by atoms with E-state index in [0.29, 0.717) is 18.5 Å². The number of amides is 2. The minimum absolute atomic E-state index is 0.00357. The lowest BCUT2D eigenvalue weighted by molar-refractivity contribution is -0.121. The van der Waals surface area contributed by atoms with Crippen LogP contribution in [0.2, 0.25) is 0 Å². The number of benzene rings is 1. The molecule has 2 amide bonds. The average Bonchev–Trinajstić information content (AvgIpc) is 2.61. The first-order valence-electron chi connectivity index (χ1n) is 8.94. The van der Waals surface area contributed by atoms with Crippen molar-refractivity contribution in [1.29, 1.82) is 0 Å². The van der Waals surface area contributed by atoms with E-state index in [0.717, 1.165) is 41.5 Å². The Labute approximate surface area is 148 Å². The Morgan fingerprint density at radius 2 is 2.08 bits per heavy atom. The molecule has 1 saturated heterocycles. The van der Waals surface area contributed by atoms with Crippen LogP contribution in [0.4, 0.5) is 0 Å². The van der Waals surface area contributed by atoms with Gasteiger partial charge in [0.2, 0.25) is 5.91 Å². The highest BCUT2D eigenvalue weighted by atomic mass is 16.2. The number of likely N-dealkylation sites (tertiary alicyclic amines) is 1. The maximum Gasteiger partial charge on any atom is 0.255 e. The first kappa shape index (κ1) is 17.4. The molecule has 0 saturated carbocycles. The lowest BCUT2D eigenvalue weighted by atomic mass is 10.0. The van der Waals surface area contributed by atoms with E-state index in [4.69, 9.17) is 0 Å². The topological polar surface area (TPSA) is 62.3 Å². The lowest BCUT2D eigenvalue weighted by Crippen LogP contribution is -2.49. The predicted octanol–water partition coefficient (Wildman–Crippen LogP) is 2.98. The van der Waals surface area contributed by atoms with Crippen LogP contribution in [0.25, 0.3) is 10.9 Å². The van der Waals surface area contributed by atoms with Crippen molar-refractivity contribution in [2.75, 3.05) is 13.1 Å². The van der Waals surface area contributed by atoms with E-state index in [1.54, 1.807) is 0 Å². The summed E-state index contributed by atoms with van der Waals surface area (Å²) >= 11 is 0. The van der Waals surface area contributed by atoms with Crippen LogP contribution in [0, 0.1) is 13.8 Å². The Balaban J connectivity index is 1.83. The zero-order valence-electron chi connectivity index (χ0n) is 15.1. The molecule has 0 aliphatic carbocycles. The molecular formula is C20H25N3O2. The fraction of sp³-hybridized carbons (Fsp3) is 0.450. The van der Waals surface area contributed by atoms with Crippen LogP contribution >= 0.6 is 0 Å². The number of nitrogens with zero attached hydrogens (tertiary/aromatic N) is 2. The molecule has 1 N–H and O–H groups in total. The van der Waals surface area contributed by atoms with Gasteiger partial charge in [-0.2, -0.15) is 0 Å². The summed E-state index contributed by atoms with van der Waals surface area (Å²) in [5, 5.41) is 4.00. The predicted molar refractivity (Wildman–Crippen MR) is 98.6 cm³/mol. The molecule has 1 aromatic heterocycles. The molecule has 1 aliphatic heterocycles. The van der Waals surface area contributed by atoms with E-state index in [-0.39, 0.29) is 17.9 Å². The number of piperidine rings is 1. The maximum absolute atomic E-state index is 13.0. The van der Waals surface area contributed by atoms with Crippen LogP contribution in [0.15, 0.2) is 24.3 Å². The number of carbonyl (C=O) groups is 2. The summed E-state index contributed by atoms with van der Waals surface area (Å²) < 4.78 is 0. The normalized spacial score (nSPS) is 17.6. The van der Waals surface area contributed by atoms with Gasteiger partial charge in [0.05, 0.1) is 16.8 Å². The van der Waals surface area contributed by atoms with E-state index < -0.39 is 0 Å². The van der Waals surface area contributed by atoms with Crippen molar-refractivity contribution in [2.45, 2.75) is 46.1 Å². The number of aromatic nitrogens is 1. The van der Waals surface area contributed by atoms with Crippen LogP contribution in [0.5, 0.6) is 0 Å². The van der Waals surface area contributed by atoms with Gasteiger partial charge in [0.25, 0.3) is 5.91 Å².